The van der Waals surface area contributed by atoms with E-state index in [0.717, 1.165) is 23.5 Å². The number of amides is 1. The summed E-state index contributed by atoms with van der Waals surface area (Å²) in [6, 6.07) is 15.7. The molecule has 2 aromatic heterocycles. The average Bonchev–Trinajstić information content (AvgIpc) is 3.45. The van der Waals surface area contributed by atoms with Gasteiger partial charge < -0.3 is 19.1 Å². The third-order valence-corrected chi connectivity index (χ3v) is 6.31. The van der Waals surface area contributed by atoms with E-state index in [1.807, 2.05) is 48.4 Å². The molecule has 1 atom stereocenters. The maximum atomic E-state index is 13.4. The van der Waals surface area contributed by atoms with E-state index < -0.39 is 0 Å². The van der Waals surface area contributed by atoms with Crippen molar-refractivity contribution in [3.63, 3.8) is 0 Å². The Morgan fingerprint density at radius 1 is 1.23 bits per heavy atom. The number of carbonyl (C=O) groups is 1. The molecule has 0 saturated carbocycles. The first-order valence-corrected chi connectivity index (χ1v) is 10.5. The standard InChI is InChI=1S/C25H26N4O2/c1-18(2)16-29-21-9-5-12-26-23(21)28-13-6-10-22(28)25(29)11-14-27(17-25)24(30)19-7-4-8-20(15-19)31-3/h4-10,12-13,15H,1,11,14,16-17H2,2-3H3. The number of aromatic nitrogens is 2. The van der Waals surface area contributed by atoms with Gasteiger partial charge in [-0.2, -0.15) is 0 Å². The van der Waals surface area contributed by atoms with E-state index in [9.17, 15) is 4.79 Å². The van der Waals surface area contributed by atoms with Crippen LogP contribution < -0.4 is 9.64 Å². The van der Waals surface area contributed by atoms with E-state index in [1.54, 1.807) is 7.11 Å². The first-order valence-electron chi connectivity index (χ1n) is 10.5. The molecule has 158 valence electrons. The summed E-state index contributed by atoms with van der Waals surface area (Å²) in [5.74, 6) is 1.64. The minimum Gasteiger partial charge on any atom is -0.497 e. The normalized spacial score (nSPS) is 19.3. The smallest absolute Gasteiger partial charge is 0.254 e. The Hall–Kier alpha value is -3.54. The summed E-state index contributed by atoms with van der Waals surface area (Å²) < 4.78 is 7.48. The molecule has 1 unspecified atom stereocenters. The fraction of sp³-hybridized carbons (Fsp3) is 0.280. The second-order valence-electron chi connectivity index (χ2n) is 8.39. The van der Waals surface area contributed by atoms with Crippen LogP contribution in [0, 0.1) is 0 Å². The molecular formula is C25H26N4O2. The predicted molar refractivity (Wildman–Crippen MR) is 121 cm³/mol. The van der Waals surface area contributed by atoms with E-state index in [2.05, 4.69) is 45.4 Å². The van der Waals surface area contributed by atoms with Gasteiger partial charge in [0.2, 0.25) is 0 Å². The van der Waals surface area contributed by atoms with Crippen LogP contribution in [0.1, 0.15) is 29.4 Å². The monoisotopic (exact) mass is 414 g/mol. The van der Waals surface area contributed by atoms with Gasteiger partial charge in [-0.25, -0.2) is 4.98 Å². The Kier molecular flexibility index (Phi) is 4.58. The second kappa shape index (κ2) is 7.30. The molecule has 31 heavy (non-hydrogen) atoms. The fourth-order valence-corrected chi connectivity index (χ4v) is 4.94. The predicted octanol–water partition coefficient (Wildman–Crippen LogP) is 4.02. The number of likely N-dealkylation sites (tertiary alicyclic amines) is 1. The summed E-state index contributed by atoms with van der Waals surface area (Å²) in [6.45, 7) is 8.23. The van der Waals surface area contributed by atoms with Crippen molar-refractivity contribution < 1.29 is 9.53 Å². The van der Waals surface area contributed by atoms with E-state index in [1.165, 1.54) is 5.69 Å². The lowest BCUT2D eigenvalue weighted by molar-refractivity contribution is 0.0782. The Morgan fingerprint density at radius 3 is 2.90 bits per heavy atom. The van der Waals surface area contributed by atoms with Crippen molar-refractivity contribution in [3.05, 3.63) is 84.3 Å². The van der Waals surface area contributed by atoms with E-state index in [0.29, 0.717) is 30.9 Å². The summed E-state index contributed by atoms with van der Waals surface area (Å²) in [5.41, 5.74) is 3.64. The molecule has 6 heteroatoms. The topological polar surface area (TPSA) is 50.6 Å². The number of carbonyl (C=O) groups excluding carboxylic acids is 1. The van der Waals surface area contributed by atoms with Gasteiger partial charge in [0.25, 0.3) is 5.91 Å². The van der Waals surface area contributed by atoms with Crippen molar-refractivity contribution in [1.29, 1.82) is 0 Å². The quantitative estimate of drug-likeness (QED) is 0.605. The van der Waals surface area contributed by atoms with Crippen LogP contribution in [-0.4, -0.2) is 47.1 Å². The minimum absolute atomic E-state index is 0.0288. The second-order valence-corrected chi connectivity index (χ2v) is 8.39. The van der Waals surface area contributed by atoms with E-state index >= 15 is 0 Å². The lowest BCUT2D eigenvalue weighted by Gasteiger charge is -2.47. The number of fused-ring (bicyclic) bond motifs is 4. The Morgan fingerprint density at radius 2 is 2.10 bits per heavy atom. The van der Waals surface area contributed by atoms with Gasteiger partial charge in [-0.15, -0.1) is 0 Å². The third-order valence-electron chi connectivity index (χ3n) is 6.31. The highest BCUT2D eigenvalue weighted by Crippen LogP contribution is 2.47. The van der Waals surface area contributed by atoms with Crippen LogP contribution in [0.4, 0.5) is 5.69 Å². The van der Waals surface area contributed by atoms with Crippen molar-refractivity contribution in [1.82, 2.24) is 14.5 Å². The Labute approximate surface area is 182 Å². The van der Waals surface area contributed by atoms with Crippen molar-refractivity contribution in [3.8, 4) is 11.6 Å². The molecule has 6 nitrogen and oxygen atoms in total. The zero-order chi connectivity index (χ0) is 21.6. The molecule has 0 N–H and O–H groups in total. The first kappa shape index (κ1) is 19.4. The molecule has 3 aromatic rings. The molecule has 2 aliphatic heterocycles. The maximum absolute atomic E-state index is 13.4. The molecular weight excluding hydrogens is 388 g/mol. The molecule has 0 radical (unpaired) electrons. The summed E-state index contributed by atoms with van der Waals surface area (Å²) in [5, 5.41) is 0. The van der Waals surface area contributed by atoms with E-state index in [-0.39, 0.29) is 11.4 Å². The summed E-state index contributed by atoms with van der Waals surface area (Å²) in [7, 11) is 1.62. The highest BCUT2D eigenvalue weighted by molar-refractivity contribution is 5.95. The van der Waals surface area contributed by atoms with Crippen LogP contribution in [0.15, 0.2) is 73.1 Å². The summed E-state index contributed by atoms with van der Waals surface area (Å²) in [4.78, 5) is 22.4. The molecule has 0 bridgehead atoms. The summed E-state index contributed by atoms with van der Waals surface area (Å²) in [6.07, 6.45) is 4.73. The molecule has 1 saturated heterocycles. The number of nitrogens with zero attached hydrogens (tertiary/aromatic N) is 4. The summed E-state index contributed by atoms with van der Waals surface area (Å²) >= 11 is 0. The number of pyridine rings is 1. The molecule has 1 amide bonds. The largest absolute Gasteiger partial charge is 0.497 e. The maximum Gasteiger partial charge on any atom is 0.254 e. The molecule has 5 rings (SSSR count). The zero-order valence-corrected chi connectivity index (χ0v) is 17.9. The minimum atomic E-state index is -0.326. The zero-order valence-electron chi connectivity index (χ0n) is 17.9. The molecule has 4 heterocycles. The van der Waals surface area contributed by atoms with Crippen LogP contribution in [0.3, 0.4) is 0 Å². The highest BCUT2D eigenvalue weighted by atomic mass is 16.5. The number of methoxy groups -OCH3 is 1. The van der Waals surface area contributed by atoms with Gasteiger partial charge in [-0.3, -0.25) is 4.79 Å². The van der Waals surface area contributed by atoms with Gasteiger partial charge in [0.05, 0.1) is 18.5 Å². The fourth-order valence-electron chi connectivity index (χ4n) is 4.94. The van der Waals surface area contributed by atoms with Gasteiger partial charge in [0.15, 0.2) is 5.82 Å². The van der Waals surface area contributed by atoms with Crippen LogP contribution in [-0.2, 0) is 5.54 Å². The molecule has 2 aliphatic rings. The molecule has 1 spiro atoms. The van der Waals surface area contributed by atoms with Gasteiger partial charge >= 0.3 is 0 Å². The number of benzene rings is 1. The number of rotatable bonds is 4. The van der Waals surface area contributed by atoms with Crippen LogP contribution in [0.25, 0.3) is 5.82 Å². The average molecular weight is 415 g/mol. The number of anilines is 1. The highest BCUT2D eigenvalue weighted by Gasteiger charge is 2.50. The van der Waals surface area contributed by atoms with Crippen molar-refractivity contribution in [2.75, 3.05) is 31.6 Å². The van der Waals surface area contributed by atoms with Crippen molar-refractivity contribution in [2.45, 2.75) is 18.9 Å². The van der Waals surface area contributed by atoms with Gasteiger partial charge in [0, 0.05) is 37.6 Å². The van der Waals surface area contributed by atoms with Crippen LogP contribution >= 0.6 is 0 Å². The molecule has 1 aromatic carbocycles. The third kappa shape index (κ3) is 3.02. The van der Waals surface area contributed by atoms with Gasteiger partial charge in [-0.05, 0) is 55.8 Å². The lowest BCUT2D eigenvalue weighted by Crippen LogP contribution is -2.53. The number of hydrogen-bond donors (Lipinski definition) is 0. The Bertz CT molecular complexity index is 1170. The number of hydrogen-bond acceptors (Lipinski definition) is 4. The Balaban J connectivity index is 1.56. The van der Waals surface area contributed by atoms with Gasteiger partial charge in [0.1, 0.15) is 11.3 Å². The van der Waals surface area contributed by atoms with Gasteiger partial charge in [-0.1, -0.05) is 18.2 Å². The lowest BCUT2D eigenvalue weighted by atomic mass is 9.88. The van der Waals surface area contributed by atoms with Crippen LogP contribution in [0.2, 0.25) is 0 Å². The molecule has 1 fully saturated rings. The number of ether oxygens (including phenoxy) is 1. The SMILES string of the molecule is C=C(C)CN1c2cccnc2-n2cccc2C12CCN(C(=O)c1cccc(OC)c1)C2. The first-order chi connectivity index (χ1) is 15.0. The van der Waals surface area contributed by atoms with Crippen LogP contribution in [0.5, 0.6) is 5.75 Å². The van der Waals surface area contributed by atoms with E-state index in [4.69, 9.17) is 4.74 Å². The van der Waals surface area contributed by atoms with Crippen molar-refractivity contribution >= 4 is 11.6 Å². The molecule has 0 aliphatic carbocycles. The van der Waals surface area contributed by atoms with Crippen molar-refractivity contribution in [2.24, 2.45) is 0 Å².